The molecular weight excluding hydrogens is 676 g/mol. The highest BCUT2D eigenvalue weighted by Gasteiger charge is 2.35. The first-order chi connectivity index (χ1) is 24.3. The van der Waals surface area contributed by atoms with Crippen molar-refractivity contribution in [3.63, 3.8) is 0 Å². The number of hydrogen-bond acceptors (Lipinski definition) is 9. The Kier molecular flexibility index (Phi) is 10.6. The van der Waals surface area contributed by atoms with Crippen LogP contribution in [0.25, 0.3) is 11.8 Å². The van der Waals surface area contributed by atoms with Crippen LogP contribution in [0.3, 0.4) is 0 Å². The number of rotatable bonds is 11. The molecule has 4 aromatic carbocycles. The van der Waals surface area contributed by atoms with E-state index in [1.165, 1.54) is 18.4 Å². The number of halogens is 1. The predicted molar refractivity (Wildman–Crippen MR) is 192 cm³/mol. The van der Waals surface area contributed by atoms with Crippen molar-refractivity contribution in [2.45, 2.75) is 26.5 Å². The predicted octanol–water partition coefficient (Wildman–Crippen LogP) is 6.35. The Balaban J connectivity index is 1.40. The third kappa shape index (κ3) is 7.12. The maximum absolute atomic E-state index is 14.2. The lowest BCUT2D eigenvalue weighted by atomic mass is 9.93. The van der Waals surface area contributed by atoms with Gasteiger partial charge in [-0.05, 0) is 60.9 Å². The molecule has 0 fully saturated rings. The number of thiazole rings is 1. The van der Waals surface area contributed by atoms with Gasteiger partial charge in [0.2, 0.25) is 0 Å². The topological polar surface area (TPSA) is 105 Å². The van der Waals surface area contributed by atoms with Gasteiger partial charge < -0.3 is 18.9 Å². The minimum absolute atomic E-state index is 0.167. The molecule has 0 amide bonds. The Morgan fingerprint density at radius 2 is 1.56 bits per heavy atom. The SMILES string of the molecule is CCOC(=O)C1=C(c2ccccc2)N=c2s/c(=C\c3cc(Cl)c(OCc4ccc(C(=O)OCC)cc4)c(OC)c3)c(=O)n2[C@H]1c1ccccc1. The zero-order valence-corrected chi connectivity index (χ0v) is 29.1. The highest BCUT2D eigenvalue weighted by Crippen LogP contribution is 2.38. The molecule has 0 saturated heterocycles. The molecule has 0 aliphatic carbocycles. The van der Waals surface area contributed by atoms with Gasteiger partial charge in [-0.2, -0.15) is 0 Å². The van der Waals surface area contributed by atoms with Gasteiger partial charge in [0.1, 0.15) is 6.61 Å². The van der Waals surface area contributed by atoms with Gasteiger partial charge in [0.15, 0.2) is 16.3 Å². The molecule has 0 bridgehead atoms. The van der Waals surface area contributed by atoms with Crippen LogP contribution in [-0.4, -0.2) is 36.8 Å². The molecule has 1 atom stereocenters. The quantitative estimate of drug-likeness (QED) is 0.147. The minimum Gasteiger partial charge on any atom is -0.493 e. The third-order valence-electron chi connectivity index (χ3n) is 7.89. The normalized spacial score (nSPS) is 14.1. The number of ether oxygens (including phenoxy) is 4. The molecule has 5 aromatic rings. The van der Waals surface area contributed by atoms with E-state index in [0.717, 1.165) is 16.7 Å². The number of esters is 2. The standard InChI is InChI=1S/C39H33ClN2O7S/c1-4-47-37(44)28-18-16-24(17-19-28)23-49-35-29(40)20-25(21-30(35)46-3)22-31-36(43)42-34(27-14-10-7-11-15-27)32(38(45)48-5-2)33(41-39(42)50-31)26-12-8-6-9-13-26/h6-22,34H,4-5,23H2,1-3H3/b31-22-/t34-/m0/s1. The van der Waals surface area contributed by atoms with Gasteiger partial charge in [-0.1, -0.05) is 95.7 Å². The maximum atomic E-state index is 14.2. The number of carbonyl (C=O) groups is 2. The van der Waals surface area contributed by atoms with Gasteiger partial charge in [-0.25, -0.2) is 14.6 Å². The molecule has 254 valence electrons. The van der Waals surface area contributed by atoms with Gasteiger partial charge in [-0.15, -0.1) is 0 Å². The van der Waals surface area contributed by atoms with E-state index >= 15 is 0 Å². The van der Waals surface area contributed by atoms with E-state index in [4.69, 9.17) is 35.5 Å². The fourth-order valence-corrected chi connectivity index (χ4v) is 6.89. The van der Waals surface area contributed by atoms with Crippen LogP contribution in [0.2, 0.25) is 5.02 Å². The van der Waals surface area contributed by atoms with Crippen LogP contribution in [0.1, 0.15) is 52.5 Å². The summed E-state index contributed by atoms with van der Waals surface area (Å²) in [6.07, 6.45) is 1.72. The largest absolute Gasteiger partial charge is 0.493 e. The summed E-state index contributed by atoms with van der Waals surface area (Å²) in [4.78, 5) is 45.2. The summed E-state index contributed by atoms with van der Waals surface area (Å²) in [5, 5.41) is 0.282. The van der Waals surface area contributed by atoms with E-state index < -0.39 is 12.0 Å². The molecule has 0 saturated carbocycles. The summed E-state index contributed by atoms with van der Waals surface area (Å²) in [6.45, 7) is 4.13. The average Bonchev–Trinajstić information content (AvgIpc) is 3.45. The van der Waals surface area contributed by atoms with Crippen molar-refractivity contribution in [2.24, 2.45) is 4.99 Å². The summed E-state index contributed by atoms with van der Waals surface area (Å²) in [5.41, 5.74) is 3.75. The second kappa shape index (κ2) is 15.4. The van der Waals surface area contributed by atoms with Gasteiger partial charge in [0.05, 0.1) is 52.8 Å². The lowest BCUT2D eigenvalue weighted by molar-refractivity contribution is -0.138. The van der Waals surface area contributed by atoms with Crippen molar-refractivity contribution >= 4 is 46.6 Å². The van der Waals surface area contributed by atoms with E-state index in [2.05, 4.69) is 0 Å². The van der Waals surface area contributed by atoms with E-state index in [-0.39, 0.29) is 35.3 Å². The van der Waals surface area contributed by atoms with Crippen LogP contribution in [0.4, 0.5) is 0 Å². The molecule has 11 heteroatoms. The van der Waals surface area contributed by atoms with Crippen LogP contribution < -0.4 is 24.4 Å². The van der Waals surface area contributed by atoms with E-state index in [1.54, 1.807) is 60.9 Å². The second-order valence-corrected chi connectivity index (χ2v) is 12.5. The number of benzene rings is 4. The highest BCUT2D eigenvalue weighted by atomic mass is 35.5. The molecule has 9 nitrogen and oxygen atoms in total. The van der Waals surface area contributed by atoms with Crippen LogP contribution in [-0.2, 0) is 20.9 Å². The number of aromatic nitrogens is 1. The number of carbonyl (C=O) groups excluding carboxylic acids is 2. The third-order valence-corrected chi connectivity index (χ3v) is 9.15. The van der Waals surface area contributed by atoms with Crippen molar-refractivity contribution in [1.82, 2.24) is 4.57 Å². The molecule has 6 rings (SSSR count). The van der Waals surface area contributed by atoms with Crippen LogP contribution in [0, 0.1) is 0 Å². The molecular formula is C39H33ClN2O7S. The highest BCUT2D eigenvalue weighted by molar-refractivity contribution is 7.07. The second-order valence-electron chi connectivity index (χ2n) is 11.1. The van der Waals surface area contributed by atoms with Crippen molar-refractivity contribution < 1.29 is 28.5 Å². The first-order valence-corrected chi connectivity index (χ1v) is 17.1. The van der Waals surface area contributed by atoms with Gasteiger partial charge in [-0.3, -0.25) is 9.36 Å². The lowest BCUT2D eigenvalue weighted by Gasteiger charge is -2.25. The maximum Gasteiger partial charge on any atom is 0.338 e. The number of fused-ring (bicyclic) bond motifs is 1. The van der Waals surface area contributed by atoms with E-state index in [0.29, 0.717) is 44.3 Å². The van der Waals surface area contributed by atoms with Crippen molar-refractivity contribution in [1.29, 1.82) is 0 Å². The van der Waals surface area contributed by atoms with E-state index in [9.17, 15) is 14.4 Å². The fraction of sp³-hybridized carbons (Fsp3) is 0.179. The number of methoxy groups -OCH3 is 1. The van der Waals surface area contributed by atoms with Crippen molar-refractivity contribution in [3.05, 3.63) is 155 Å². The number of hydrogen-bond donors (Lipinski definition) is 0. The van der Waals surface area contributed by atoms with Crippen molar-refractivity contribution in [3.8, 4) is 11.5 Å². The molecule has 0 unspecified atom stereocenters. The van der Waals surface area contributed by atoms with Gasteiger partial charge in [0, 0.05) is 5.56 Å². The Hall–Kier alpha value is -5.45. The Morgan fingerprint density at radius 3 is 2.22 bits per heavy atom. The summed E-state index contributed by atoms with van der Waals surface area (Å²) in [7, 11) is 1.51. The van der Waals surface area contributed by atoms with Crippen molar-refractivity contribution in [2.75, 3.05) is 20.3 Å². The Morgan fingerprint density at radius 1 is 0.900 bits per heavy atom. The molecule has 1 aliphatic rings. The summed E-state index contributed by atoms with van der Waals surface area (Å²) in [5.74, 6) is -0.227. The monoisotopic (exact) mass is 708 g/mol. The van der Waals surface area contributed by atoms with E-state index in [1.807, 2.05) is 60.7 Å². The smallest absolute Gasteiger partial charge is 0.338 e. The zero-order valence-electron chi connectivity index (χ0n) is 27.6. The molecule has 0 radical (unpaired) electrons. The average molecular weight is 709 g/mol. The minimum atomic E-state index is -0.774. The molecule has 50 heavy (non-hydrogen) atoms. The van der Waals surface area contributed by atoms with Crippen LogP contribution in [0.15, 0.2) is 112 Å². The van der Waals surface area contributed by atoms with Gasteiger partial charge in [0.25, 0.3) is 5.56 Å². The number of nitrogens with zero attached hydrogens (tertiary/aromatic N) is 2. The molecule has 1 aliphatic heterocycles. The molecule has 0 spiro atoms. The van der Waals surface area contributed by atoms with Crippen LogP contribution >= 0.6 is 22.9 Å². The Labute approximate surface area is 297 Å². The summed E-state index contributed by atoms with van der Waals surface area (Å²) < 4.78 is 24.2. The van der Waals surface area contributed by atoms with Gasteiger partial charge >= 0.3 is 11.9 Å². The molecule has 0 N–H and O–H groups in total. The Bertz CT molecular complexity index is 2250. The molecule has 2 heterocycles. The lowest BCUT2D eigenvalue weighted by Crippen LogP contribution is -2.39. The first-order valence-electron chi connectivity index (χ1n) is 15.9. The fourth-order valence-electron chi connectivity index (χ4n) is 5.61. The molecule has 1 aromatic heterocycles. The zero-order chi connectivity index (χ0) is 35.2. The summed E-state index contributed by atoms with van der Waals surface area (Å²) >= 11 is 7.93. The van der Waals surface area contributed by atoms with Crippen LogP contribution in [0.5, 0.6) is 11.5 Å². The first kappa shape index (κ1) is 34.4. The summed E-state index contributed by atoms with van der Waals surface area (Å²) in [6, 6.07) is 28.3.